The summed E-state index contributed by atoms with van der Waals surface area (Å²) in [5.41, 5.74) is 5.69. The molecule has 2 saturated carbocycles. The van der Waals surface area contributed by atoms with Crippen LogP contribution < -0.4 is 10.1 Å². The summed E-state index contributed by atoms with van der Waals surface area (Å²) in [5, 5.41) is 14.7. The number of piperidine rings is 2. The number of carboxylic acid groups (broad SMARTS) is 1. The Balaban J connectivity index is 1.36. The highest BCUT2D eigenvalue weighted by Crippen LogP contribution is 2.66. The van der Waals surface area contributed by atoms with Gasteiger partial charge in [-0.25, -0.2) is 4.79 Å². The van der Waals surface area contributed by atoms with Crippen LogP contribution in [0, 0.1) is 5.41 Å². The first-order valence-electron chi connectivity index (χ1n) is 15.1. The number of methoxy groups -OCH3 is 1. The molecule has 7 nitrogen and oxygen atoms in total. The van der Waals surface area contributed by atoms with Gasteiger partial charge in [0.1, 0.15) is 5.75 Å². The van der Waals surface area contributed by atoms with Crippen molar-refractivity contribution in [2.75, 3.05) is 20.2 Å². The van der Waals surface area contributed by atoms with Gasteiger partial charge >= 0.3 is 5.97 Å². The molecule has 3 saturated heterocycles. The number of hydrogen-bond acceptors (Lipinski definition) is 4. The Hall–Kier alpha value is -3.32. The fourth-order valence-electron chi connectivity index (χ4n) is 8.66. The zero-order valence-corrected chi connectivity index (χ0v) is 23.1. The number of nitrogens with one attached hydrogen (secondary N) is 1. The molecule has 5 fully saturated rings. The van der Waals surface area contributed by atoms with Crippen LogP contribution in [0.25, 0.3) is 22.2 Å². The second-order valence-electron chi connectivity index (χ2n) is 12.9. The van der Waals surface area contributed by atoms with E-state index in [1.165, 1.54) is 41.6 Å². The van der Waals surface area contributed by atoms with Gasteiger partial charge in [0, 0.05) is 54.1 Å². The molecule has 9 rings (SSSR count). The van der Waals surface area contributed by atoms with E-state index in [4.69, 9.17) is 4.74 Å². The van der Waals surface area contributed by atoms with Crippen molar-refractivity contribution < 1.29 is 19.4 Å². The van der Waals surface area contributed by atoms with Crippen LogP contribution in [0.2, 0.25) is 0 Å². The predicted octanol–water partition coefficient (Wildman–Crippen LogP) is 5.51. The highest BCUT2D eigenvalue weighted by Gasteiger charge is 2.64. The van der Waals surface area contributed by atoms with Gasteiger partial charge in [-0.05, 0) is 79.5 Å². The van der Waals surface area contributed by atoms with Gasteiger partial charge in [0.25, 0.3) is 0 Å². The van der Waals surface area contributed by atoms with Crippen LogP contribution in [-0.4, -0.2) is 58.7 Å². The molecule has 2 aliphatic carbocycles. The molecular formula is C33H37N3O4. The number of carbonyl (C=O) groups excluding carboxylic acids is 1. The maximum Gasteiger partial charge on any atom is 0.335 e. The standard InChI is InChI=1S/C33H37N3O4/c1-40-23-10-12-24-26(14-23)27-15-33(27,32(39)35-17-21-8-9-22(35)16-34-21)18-36-28-13-20(31(37)38)7-11-25(28)29(30(24)36)19-5-3-2-4-6-19/h7,10-14,19,21-22,27,34H,2-6,8-9,15-18H2,1H3,(H,37,38)/t21?,22?,27-,33-/m0/s1. The summed E-state index contributed by atoms with van der Waals surface area (Å²) in [6, 6.07) is 12.7. The average Bonchev–Trinajstić information content (AvgIpc) is 3.67. The summed E-state index contributed by atoms with van der Waals surface area (Å²) >= 11 is 0. The van der Waals surface area contributed by atoms with Gasteiger partial charge in [-0.2, -0.15) is 0 Å². The van der Waals surface area contributed by atoms with Crippen LogP contribution in [0.1, 0.15) is 84.7 Å². The lowest BCUT2D eigenvalue weighted by Gasteiger charge is -2.47. The van der Waals surface area contributed by atoms with Crippen molar-refractivity contribution in [1.29, 1.82) is 0 Å². The number of piperazine rings is 1. The predicted molar refractivity (Wildman–Crippen MR) is 153 cm³/mol. The summed E-state index contributed by atoms with van der Waals surface area (Å²) in [5.74, 6) is 0.761. The van der Waals surface area contributed by atoms with Crippen molar-refractivity contribution in [3.05, 3.63) is 53.1 Å². The first-order valence-corrected chi connectivity index (χ1v) is 15.1. The molecule has 3 aromatic rings. The number of hydrogen-bond donors (Lipinski definition) is 2. The second-order valence-corrected chi connectivity index (χ2v) is 12.9. The van der Waals surface area contributed by atoms with Crippen LogP contribution in [0.3, 0.4) is 0 Å². The molecule has 1 aromatic heterocycles. The third-order valence-electron chi connectivity index (χ3n) is 10.8. The number of amides is 1. The van der Waals surface area contributed by atoms with Gasteiger partial charge in [-0.3, -0.25) is 4.79 Å². The molecular weight excluding hydrogens is 502 g/mol. The number of aromatic carboxylic acids is 1. The van der Waals surface area contributed by atoms with Crippen LogP contribution >= 0.6 is 0 Å². The fourth-order valence-corrected chi connectivity index (χ4v) is 8.66. The molecule has 40 heavy (non-hydrogen) atoms. The molecule has 208 valence electrons. The quantitative estimate of drug-likeness (QED) is 0.457. The molecule has 2 bridgehead atoms. The molecule has 2 unspecified atom stereocenters. The summed E-state index contributed by atoms with van der Waals surface area (Å²) in [7, 11) is 1.71. The lowest BCUT2D eigenvalue weighted by molar-refractivity contribution is -0.144. The Morgan fingerprint density at radius 1 is 1.05 bits per heavy atom. The zero-order chi connectivity index (χ0) is 27.2. The minimum absolute atomic E-state index is 0.135. The Kier molecular flexibility index (Phi) is 5.41. The van der Waals surface area contributed by atoms with E-state index in [1.54, 1.807) is 13.2 Å². The first kappa shape index (κ1) is 24.5. The van der Waals surface area contributed by atoms with Crippen LogP contribution in [0.15, 0.2) is 36.4 Å². The maximum atomic E-state index is 14.6. The van der Waals surface area contributed by atoms with Crippen molar-refractivity contribution in [2.45, 2.75) is 81.8 Å². The third kappa shape index (κ3) is 3.46. The monoisotopic (exact) mass is 539 g/mol. The summed E-state index contributed by atoms with van der Waals surface area (Å²) < 4.78 is 8.05. The zero-order valence-electron chi connectivity index (χ0n) is 23.1. The number of fused-ring (bicyclic) bond motifs is 10. The van der Waals surface area contributed by atoms with E-state index in [9.17, 15) is 14.7 Å². The Morgan fingerprint density at radius 2 is 1.90 bits per heavy atom. The van der Waals surface area contributed by atoms with Gasteiger partial charge < -0.3 is 24.6 Å². The lowest BCUT2D eigenvalue weighted by atomic mass is 9.81. The number of benzene rings is 2. The molecule has 5 heterocycles. The molecule has 4 atom stereocenters. The number of rotatable bonds is 4. The average molecular weight is 540 g/mol. The van der Waals surface area contributed by atoms with Gasteiger partial charge in [0.05, 0.1) is 23.8 Å². The van der Waals surface area contributed by atoms with Crippen molar-refractivity contribution in [1.82, 2.24) is 14.8 Å². The maximum absolute atomic E-state index is 14.6. The van der Waals surface area contributed by atoms with Gasteiger partial charge in [-0.1, -0.05) is 25.3 Å². The molecule has 0 spiro atoms. The van der Waals surface area contributed by atoms with E-state index >= 15 is 0 Å². The Labute approximate surface area is 234 Å². The van der Waals surface area contributed by atoms with E-state index in [1.807, 2.05) is 18.2 Å². The normalized spacial score (nSPS) is 28.9. The van der Waals surface area contributed by atoms with Crippen molar-refractivity contribution in [3.63, 3.8) is 0 Å². The molecule has 2 N–H and O–H groups in total. The SMILES string of the molecule is COc1ccc2c(c1)[C@@H]1C[C@]1(C(=O)N1CC3CCC1CN3)Cn1c-2c(C2CCCCC2)c2ccc(C(=O)O)cc21. The van der Waals surface area contributed by atoms with Gasteiger partial charge in [-0.15, -0.1) is 0 Å². The second kappa shape index (κ2) is 8.84. The van der Waals surface area contributed by atoms with Crippen molar-refractivity contribution >= 4 is 22.8 Å². The van der Waals surface area contributed by atoms with Crippen molar-refractivity contribution in [2.24, 2.45) is 5.41 Å². The molecule has 0 radical (unpaired) electrons. The van der Waals surface area contributed by atoms with E-state index in [2.05, 4.69) is 26.9 Å². The fraction of sp³-hybridized carbons (Fsp3) is 0.515. The minimum Gasteiger partial charge on any atom is -0.497 e. The minimum atomic E-state index is -0.914. The molecule has 6 aliphatic rings. The topological polar surface area (TPSA) is 83.8 Å². The van der Waals surface area contributed by atoms with E-state index < -0.39 is 11.4 Å². The lowest BCUT2D eigenvalue weighted by Crippen LogP contribution is -2.63. The van der Waals surface area contributed by atoms with E-state index in [0.29, 0.717) is 24.1 Å². The summed E-state index contributed by atoms with van der Waals surface area (Å²) in [6.45, 7) is 2.27. The van der Waals surface area contributed by atoms with E-state index in [-0.39, 0.29) is 17.9 Å². The van der Waals surface area contributed by atoms with Crippen molar-refractivity contribution in [3.8, 4) is 17.0 Å². The number of nitrogens with zero attached hydrogens (tertiary/aromatic N) is 2. The molecule has 1 amide bonds. The van der Waals surface area contributed by atoms with Gasteiger partial charge in [0.2, 0.25) is 5.91 Å². The number of carboxylic acids is 1. The Morgan fingerprint density at radius 3 is 2.60 bits per heavy atom. The van der Waals surface area contributed by atoms with Crippen LogP contribution in [-0.2, 0) is 11.3 Å². The van der Waals surface area contributed by atoms with Crippen LogP contribution in [0.4, 0.5) is 0 Å². The first-order chi connectivity index (χ1) is 19.5. The number of ether oxygens (including phenoxy) is 1. The summed E-state index contributed by atoms with van der Waals surface area (Å²) in [6.07, 6.45) is 9.04. The smallest absolute Gasteiger partial charge is 0.335 e. The molecule has 7 heteroatoms. The van der Waals surface area contributed by atoms with E-state index in [0.717, 1.165) is 61.8 Å². The highest BCUT2D eigenvalue weighted by molar-refractivity contribution is 6.00. The molecule has 2 aromatic carbocycles. The third-order valence-corrected chi connectivity index (χ3v) is 10.8. The Bertz CT molecular complexity index is 1540. The largest absolute Gasteiger partial charge is 0.497 e. The number of aromatic nitrogens is 1. The van der Waals surface area contributed by atoms with Crippen LogP contribution in [0.5, 0.6) is 5.75 Å². The number of carbonyl (C=O) groups is 2. The highest BCUT2D eigenvalue weighted by atomic mass is 16.5. The molecule has 4 aliphatic heterocycles. The summed E-state index contributed by atoms with van der Waals surface area (Å²) in [4.78, 5) is 28.9. The van der Waals surface area contributed by atoms with Gasteiger partial charge in [0.15, 0.2) is 0 Å².